The number of rotatable bonds is 3. The lowest BCUT2D eigenvalue weighted by Gasteiger charge is -2.22. The Balaban J connectivity index is 1.55. The first-order valence-corrected chi connectivity index (χ1v) is 9.64. The minimum absolute atomic E-state index is 0.131. The Hall–Kier alpha value is -1.72. The first kappa shape index (κ1) is 16.7. The molecule has 0 fully saturated rings. The number of amides is 1. The number of benzene rings is 1. The van der Waals surface area contributed by atoms with E-state index in [4.69, 9.17) is 21.0 Å². The molecule has 0 saturated heterocycles. The predicted molar refractivity (Wildman–Crippen MR) is 102 cm³/mol. The van der Waals surface area contributed by atoms with Crippen molar-refractivity contribution >= 4 is 34.3 Å². The maximum Gasteiger partial charge on any atom is 0.287 e. The molecule has 2 aromatic rings. The zero-order chi connectivity index (χ0) is 17.6. The number of fused-ring (bicyclic) bond motifs is 3. The van der Waals surface area contributed by atoms with Gasteiger partial charge in [-0.3, -0.25) is 9.79 Å². The molecular weight excluding hydrogens is 356 g/mol. The lowest BCUT2D eigenvalue weighted by atomic mass is 9.90. The molecule has 1 amide bonds. The number of hydrogen-bond donors (Lipinski definition) is 1. The van der Waals surface area contributed by atoms with Crippen LogP contribution in [0.2, 0.25) is 5.02 Å². The van der Waals surface area contributed by atoms with Crippen LogP contribution in [0.25, 0.3) is 0 Å². The smallest absolute Gasteiger partial charge is 0.287 e. The molecule has 1 N–H and O–H groups in total. The van der Waals surface area contributed by atoms with E-state index in [1.807, 2.05) is 43.0 Å². The standard InChI is InChI=1S/C19H19ClN2O2S/c1-10-16-14(6-7-15-17(16)22-11(2)25-15)24-18(10)19(23)21-9-12-4-3-5-13(20)8-12/h3-5,8,15,17H,6-7,9H2,1-2H3,(H,21,23). The average Bonchev–Trinajstić information content (AvgIpc) is 3.12. The van der Waals surface area contributed by atoms with Crippen molar-refractivity contribution in [2.45, 2.75) is 44.5 Å². The normalized spacial score (nSPS) is 21.5. The fraction of sp³-hybridized carbons (Fsp3) is 0.368. The van der Waals surface area contributed by atoms with Gasteiger partial charge in [0.15, 0.2) is 5.76 Å². The van der Waals surface area contributed by atoms with Crippen LogP contribution in [-0.4, -0.2) is 16.2 Å². The molecule has 0 spiro atoms. The summed E-state index contributed by atoms with van der Waals surface area (Å²) < 4.78 is 5.94. The Morgan fingerprint density at radius 3 is 3.08 bits per heavy atom. The van der Waals surface area contributed by atoms with Crippen LogP contribution >= 0.6 is 23.4 Å². The number of furan rings is 1. The monoisotopic (exact) mass is 374 g/mol. The molecule has 1 aromatic heterocycles. The van der Waals surface area contributed by atoms with E-state index >= 15 is 0 Å². The van der Waals surface area contributed by atoms with Gasteiger partial charge in [-0.1, -0.05) is 23.7 Å². The maximum atomic E-state index is 12.6. The number of thioether (sulfide) groups is 1. The average molecular weight is 375 g/mol. The third-order valence-electron chi connectivity index (χ3n) is 4.77. The summed E-state index contributed by atoms with van der Waals surface area (Å²) in [5.41, 5.74) is 3.00. The van der Waals surface area contributed by atoms with E-state index in [0.29, 0.717) is 22.6 Å². The Bertz CT molecular complexity index is 874. The first-order chi connectivity index (χ1) is 12.0. The largest absolute Gasteiger partial charge is 0.455 e. The van der Waals surface area contributed by atoms with E-state index < -0.39 is 0 Å². The molecule has 0 radical (unpaired) electrons. The predicted octanol–water partition coefficient (Wildman–Crippen LogP) is 4.69. The van der Waals surface area contributed by atoms with Crippen LogP contribution in [-0.2, 0) is 13.0 Å². The van der Waals surface area contributed by atoms with Crippen molar-refractivity contribution in [3.63, 3.8) is 0 Å². The van der Waals surface area contributed by atoms with E-state index in [9.17, 15) is 4.79 Å². The summed E-state index contributed by atoms with van der Waals surface area (Å²) in [5.74, 6) is 1.15. The van der Waals surface area contributed by atoms with Crippen LogP contribution in [0.4, 0.5) is 0 Å². The molecule has 25 heavy (non-hydrogen) atoms. The zero-order valence-electron chi connectivity index (χ0n) is 14.1. The van der Waals surface area contributed by atoms with Gasteiger partial charge in [0, 0.05) is 34.4 Å². The third kappa shape index (κ3) is 3.11. The molecule has 4 rings (SSSR count). The minimum Gasteiger partial charge on any atom is -0.455 e. The Kier molecular flexibility index (Phi) is 4.38. The second kappa shape index (κ2) is 6.54. The third-order valence-corrected chi connectivity index (χ3v) is 6.24. The number of carbonyl (C=O) groups is 1. The van der Waals surface area contributed by atoms with Crippen LogP contribution in [0.5, 0.6) is 0 Å². The van der Waals surface area contributed by atoms with Gasteiger partial charge in [0.05, 0.1) is 11.1 Å². The van der Waals surface area contributed by atoms with Gasteiger partial charge in [0.25, 0.3) is 5.91 Å². The lowest BCUT2D eigenvalue weighted by molar-refractivity contribution is 0.0920. The van der Waals surface area contributed by atoms with Crippen molar-refractivity contribution in [2.24, 2.45) is 4.99 Å². The lowest BCUT2D eigenvalue weighted by Crippen LogP contribution is -2.23. The molecule has 130 valence electrons. The van der Waals surface area contributed by atoms with Gasteiger partial charge in [0.1, 0.15) is 5.76 Å². The second-order valence-corrected chi connectivity index (χ2v) is 8.36. The highest BCUT2D eigenvalue weighted by atomic mass is 35.5. The molecule has 6 heteroatoms. The van der Waals surface area contributed by atoms with Crippen LogP contribution < -0.4 is 5.32 Å². The second-order valence-electron chi connectivity index (χ2n) is 6.49. The van der Waals surface area contributed by atoms with Crippen molar-refractivity contribution in [1.29, 1.82) is 0 Å². The van der Waals surface area contributed by atoms with E-state index in [0.717, 1.165) is 40.3 Å². The van der Waals surface area contributed by atoms with Crippen LogP contribution in [0, 0.1) is 6.92 Å². The highest BCUT2D eigenvalue weighted by Gasteiger charge is 2.39. The molecule has 2 heterocycles. The molecule has 2 atom stereocenters. The maximum absolute atomic E-state index is 12.6. The summed E-state index contributed by atoms with van der Waals surface area (Å²) in [6.45, 7) is 4.44. The van der Waals surface area contributed by atoms with Gasteiger partial charge in [-0.2, -0.15) is 0 Å². The van der Waals surface area contributed by atoms with E-state index in [1.165, 1.54) is 0 Å². The number of hydrogen-bond acceptors (Lipinski definition) is 4. The quantitative estimate of drug-likeness (QED) is 0.847. The van der Waals surface area contributed by atoms with Gasteiger partial charge in [-0.25, -0.2) is 0 Å². The molecule has 4 nitrogen and oxygen atoms in total. The summed E-state index contributed by atoms with van der Waals surface area (Å²) in [6, 6.07) is 7.60. The number of aryl methyl sites for hydroxylation is 1. The highest BCUT2D eigenvalue weighted by molar-refractivity contribution is 8.14. The first-order valence-electron chi connectivity index (χ1n) is 8.39. The summed E-state index contributed by atoms with van der Waals surface area (Å²) in [7, 11) is 0. The van der Waals surface area contributed by atoms with Gasteiger partial charge < -0.3 is 9.73 Å². The summed E-state index contributed by atoms with van der Waals surface area (Å²) in [5, 5.41) is 5.19. The molecular formula is C19H19ClN2O2S. The number of nitrogens with zero attached hydrogens (tertiary/aromatic N) is 1. The topological polar surface area (TPSA) is 54.6 Å². The van der Waals surface area contributed by atoms with Crippen LogP contribution in [0.3, 0.4) is 0 Å². The van der Waals surface area contributed by atoms with Crippen molar-refractivity contribution in [2.75, 3.05) is 0 Å². The van der Waals surface area contributed by atoms with E-state index in [-0.39, 0.29) is 11.9 Å². The fourth-order valence-corrected chi connectivity index (χ4v) is 5.01. The summed E-state index contributed by atoms with van der Waals surface area (Å²) in [6.07, 6.45) is 1.91. The Morgan fingerprint density at radius 2 is 2.28 bits per heavy atom. The molecule has 2 aliphatic rings. The summed E-state index contributed by atoms with van der Waals surface area (Å²) >= 11 is 7.83. The molecule has 0 bridgehead atoms. The van der Waals surface area contributed by atoms with E-state index in [1.54, 1.807) is 0 Å². The van der Waals surface area contributed by atoms with Crippen molar-refractivity contribution in [1.82, 2.24) is 5.32 Å². The van der Waals surface area contributed by atoms with Crippen LogP contribution in [0.1, 0.15) is 52.4 Å². The molecule has 2 unspecified atom stereocenters. The highest BCUT2D eigenvalue weighted by Crippen LogP contribution is 2.47. The van der Waals surface area contributed by atoms with E-state index in [2.05, 4.69) is 12.2 Å². The number of aliphatic imine (C=N–C) groups is 1. The molecule has 1 aliphatic heterocycles. The van der Waals surface area contributed by atoms with Gasteiger partial charge in [-0.05, 0) is 38.0 Å². The number of halogens is 1. The van der Waals surface area contributed by atoms with Gasteiger partial charge in [-0.15, -0.1) is 11.8 Å². The van der Waals surface area contributed by atoms with Crippen molar-refractivity contribution in [3.05, 3.63) is 57.5 Å². The molecule has 0 saturated carbocycles. The zero-order valence-corrected chi connectivity index (χ0v) is 15.7. The SMILES string of the molecule is CC1=NC2c3c(oc(C(=O)NCc4cccc(Cl)c4)c3C)CCC2S1. The number of carbonyl (C=O) groups excluding carboxylic acids is 1. The van der Waals surface area contributed by atoms with Crippen LogP contribution in [0.15, 0.2) is 33.7 Å². The van der Waals surface area contributed by atoms with Crippen molar-refractivity contribution in [3.8, 4) is 0 Å². The Morgan fingerprint density at radius 1 is 1.44 bits per heavy atom. The fourth-order valence-electron chi connectivity index (χ4n) is 3.62. The Labute approximate surface area is 156 Å². The minimum atomic E-state index is -0.185. The number of nitrogens with one attached hydrogen (secondary N) is 1. The van der Waals surface area contributed by atoms with Gasteiger partial charge in [0.2, 0.25) is 0 Å². The summed E-state index contributed by atoms with van der Waals surface area (Å²) in [4.78, 5) is 17.4. The van der Waals surface area contributed by atoms with Gasteiger partial charge >= 0.3 is 0 Å². The molecule has 1 aromatic carbocycles. The van der Waals surface area contributed by atoms with Crippen molar-refractivity contribution < 1.29 is 9.21 Å². The molecule has 1 aliphatic carbocycles.